The first kappa shape index (κ1) is 25.7. The number of carbonyl (C=O) groups is 2. The molecule has 0 spiro atoms. The van der Waals surface area contributed by atoms with Gasteiger partial charge in [-0.2, -0.15) is 5.10 Å². The number of aromatic nitrogens is 4. The van der Waals surface area contributed by atoms with Gasteiger partial charge < -0.3 is 15.0 Å². The Bertz CT molecular complexity index is 1410. The van der Waals surface area contributed by atoms with Crippen molar-refractivity contribution in [3.05, 3.63) is 35.8 Å². The van der Waals surface area contributed by atoms with Crippen LogP contribution < -0.4 is 15.1 Å². The first-order valence-corrected chi connectivity index (χ1v) is 13.0. The lowest BCUT2D eigenvalue weighted by molar-refractivity contribution is 0.000363. The van der Waals surface area contributed by atoms with Gasteiger partial charge in [0.25, 0.3) is 0 Å². The number of carbonyl (C=O) groups excluding carboxylic acids is 2. The molecule has 38 heavy (non-hydrogen) atoms. The van der Waals surface area contributed by atoms with E-state index in [-0.39, 0.29) is 12.1 Å². The first-order chi connectivity index (χ1) is 17.8. The summed E-state index contributed by atoms with van der Waals surface area (Å²) in [5, 5.41) is 8.22. The second-order valence-corrected chi connectivity index (χ2v) is 11.7. The summed E-state index contributed by atoms with van der Waals surface area (Å²) in [5.41, 5.74) is 3.13. The molecule has 0 radical (unpaired) electrons. The summed E-state index contributed by atoms with van der Waals surface area (Å²) >= 11 is 0. The molecule has 1 N–H and O–H groups in total. The van der Waals surface area contributed by atoms with E-state index >= 15 is 0 Å². The molecule has 2 aliphatic heterocycles. The fourth-order valence-corrected chi connectivity index (χ4v) is 5.26. The van der Waals surface area contributed by atoms with Crippen molar-refractivity contribution in [2.45, 2.75) is 59.1 Å². The number of pyridine rings is 2. The molecule has 1 fully saturated rings. The van der Waals surface area contributed by atoms with Crippen LogP contribution in [0.2, 0.25) is 0 Å². The number of fused-ring (bicyclic) bond motifs is 2. The minimum atomic E-state index is -0.543. The molecular weight excluding hydrogens is 484 g/mol. The Morgan fingerprint density at radius 2 is 1.92 bits per heavy atom. The van der Waals surface area contributed by atoms with E-state index in [0.717, 1.165) is 16.6 Å². The second-order valence-electron chi connectivity index (χ2n) is 11.7. The van der Waals surface area contributed by atoms with Gasteiger partial charge in [-0.1, -0.05) is 0 Å². The fourth-order valence-electron chi connectivity index (χ4n) is 5.26. The molecule has 11 nitrogen and oxygen atoms in total. The summed E-state index contributed by atoms with van der Waals surface area (Å²) < 4.78 is 7.36. The fraction of sp³-hybridized carbons (Fsp3) is 0.519. The van der Waals surface area contributed by atoms with Crippen LogP contribution in [0.5, 0.6) is 0 Å². The lowest BCUT2D eigenvalue weighted by atomic mass is 9.98. The Kier molecular flexibility index (Phi) is 6.19. The standard InChI is InChI=1S/C27H36N8O3/c1-17-20(14-18-15-32(7)31-22(18)29-17)30-24(36)34-11-9-19-21(8-10-28-23(19)34)33-12-13-35(27(5,6)16-33)25(37)38-26(2,3)4/h8,10,14-15H,9,11-13,16H2,1-7H3,(H,30,36). The molecule has 0 bridgehead atoms. The van der Waals surface area contributed by atoms with Crippen LogP contribution in [0.4, 0.5) is 26.8 Å². The van der Waals surface area contributed by atoms with Gasteiger partial charge in [-0.15, -0.1) is 0 Å². The Morgan fingerprint density at radius 1 is 1.16 bits per heavy atom. The van der Waals surface area contributed by atoms with Crippen LogP contribution in [0, 0.1) is 6.92 Å². The monoisotopic (exact) mass is 520 g/mol. The van der Waals surface area contributed by atoms with Gasteiger partial charge in [0.2, 0.25) is 0 Å². The predicted molar refractivity (Wildman–Crippen MR) is 147 cm³/mol. The average Bonchev–Trinajstić information content (AvgIpc) is 3.39. The van der Waals surface area contributed by atoms with E-state index in [1.165, 1.54) is 0 Å². The number of aryl methyl sites for hydroxylation is 2. The number of ether oxygens (including phenoxy) is 1. The van der Waals surface area contributed by atoms with Gasteiger partial charge in [0, 0.05) is 62.3 Å². The molecule has 5 heterocycles. The number of rotatable bonds is 2. The number of hydrogen-bond acceptors (Lipinski definition) is 7. The van der Waals surface area contributed by atoms with Crippen LogP contribution in [-0.4, -0.2) is 74.1 Å². The van der Waals surface area contributed by atoms with Gasteiger partial charge in [0.15, 0.2) is 5.65 Å². The molecule has 0 aromatic carbocycles. The molecule has 1 saturated heterocycles. The van der Waals surface area contributed by atoms with Crippen molar-refractivity contribution in [3.63, 3.8) is 0 Å². The lowest BCUT2D eigenvalue weighted by Crippen LogP contribution is -2.62. The van der Waals surface area contributed by atoms with Gasteiger partial charge >= 0.3 is 12.1 Å². The van der Waals surface area contributed by atoms with Gasteiger partial charge in [-0.3, -0.25) is 14.5 Å². The molecule has 11 heteroatoms. The number of anilines is 3. The quantitative estimate of drug-likeness (QED) is 0.542. The number of amides is 3. The van der Waals surface area contributed by atoms with E-state index in [0.29, 0.717) is 55.4 Å². The van der Waals surface area contributed by atoms with Crippen LogP contribution in [0.3, 0.4) is 0 Å². The highest BCUT2D eigenvalue weighted by Gasteiger charge is 2.40. The van der Waals surface area contributed by atoms with Crippen LogP contribution in [0.15, 0.2) is 24.5 Å². The maximum absolute atomic E-state index is 13.3. The number of nitrogens with zero attached hydrogens (tertiary/aromatic N) is 7. The average molecular weight is 521 g/mol. The van der Waals surface area contributed by atoms with Gasteiger partial charge in [-0.05, 0) is 60.1 Å². The van der Waals surface area contributed by atoms with Crippen molar-refractivity contribution < 1.29 is 14.3 Å². The van der Waals surface area contributed by atoms with Gasteiger partial charge in [0.1, 0.15) is 11.4 Å². The molecule has 0 atom stereocenters. The zero-order valence-electron chi connectivity index (χ0n) is 23.2. The summed E-state index contributed by atoms with van der Waals surface area (Å²) in [6.45, 7) is 14.0. The zero-order chi connectivity index (χ0) is 27.4. The number of nitrogens with one attached hydrogen (secondary N) is 1. The van der Waals surface area contributed by atoms with Gasteiger partial charge in [0.05, 0.1) is 16.9 Å². The van der Waals surface area contributed by atoms with Crippen molar-refractivity contribution in [3.8, 4) is 0 Å². The topological polar surface area (TPSA) is 109 Å². The molecule has 5 rings (SSSR count). The molecular formula is C27H36N8O3. The Labute approximate surface area is 222 Å². The minimum Gasteiger partial charge on any atom is -0.444 e. The second kappa shape index (κ2) is 9.14. The van der Waals surface area contributed by atoms with E-state index < -0.39 is 11.1 Å². The summed E-state index contributed by atoms with van der Waals surface area (Å²) in [5.74, 6) is 0.667. The third-order valence-corrected chi connectivity index (χ3v) is 6.99. The van der Waals surface area contributed by atoms with Crippen molar-refractivity contribution in [2.75, 3.05) is 41.3 Å². The Morgan fingerprint density at radius 3 is 2.63 bits per heavy atom. The lowest BCUT2D eigenvalue weighted by Gasteiger charge is -2.48. The van der Waals surface area contributed by atoms with Crippen LogP contribution in [0.25, 0.3) is 11.0 Å². The van der Waals surface area contributed by atoms with Crippen molar-refractivity contribution in [1.29, 1.82) is 0 Å². The van der Waals surface area contributed by atoms with E-state index in [4.69, 9.17) is 4.74 Å². The number of urea groups is 1. The highest BCUT2D eigenvalue weighted by Crippen LogP contribution is 2.36. The predicted octanol–water partition coefficient (Wildman–Crippen LogP) is 4.10. The highest BCUT2D eigenvalue weighted by atomic mass is 16.6. The summed E-state index contributed by atoms with van der Waals surface area (Å²) in [6, 6.07) is 3.66. The molecule has 0 aliphatic carbocycles. The number of hydrogen-bond donors (Lipinski definition) is 1. The van der Waals surface area contributed by atoms with E-state index in [9.17, 15) is 9.59 Å². The summed E-state index contributed by atoms with van der Waals surface area (Å²) in [7, 11) is 1.85. The highest BCUT2D eigenvalue weighted by molar-refractivity contribution is 6.04. The summed E-state index contributed by atoms with van der Waals surface area (Å²) in [4.78, 5) is 41.1. The Hall–Kier alpha value is -3.89. The molecule has 3 aromatic heterocycles. The van der Waals surface area contributed by atoms with Crippen LogP contribution >= 0.6 is 0 Å². The first-order valence-electron chi connectivity index (χ1n) is 13.0. The molecule has 3 aromatic rings. The maximum Gasteiger partial charge on any atom is 0.410 e. The van der Waals surface area contributed by atoms with E-state index in [2.05, 4.69) is 39.1 Å². The normalized spacial score (nSPS) is 17.1. The van der Waals surface area contributed by atoms with Crippen LogP contribution in [-0.2, 0) is 18.2 Å². The van der Waals surface area contributed by atoms with Crippen molar-refractivity contribution in [1.82, 2.24) is 24.6 Å². The minimum absolute atomic E-state index is 0.239. The third kappa shape index (κ3) is 4.84. The molecule has 202 valence electrons. The summed E-state index contributed by atoms with van der Waals surface area (Å²) in [6.07, 6.45) is 4.04. The molecule has 0 unspecified atom stereocenters. The van der Waals surface area contributed by atoms with Crippen molar-refractivity contribution in [2.24, 2.45) is 7.05 Å². The molecule has 0 saturated carbocycles. The van der Waals surface area contributed by atoms with Gasteiger partial charge in [-0.25, -0.2) is 19.6 Å². The molecule has 3 amide bonds. The van der Waals surface area contributed by atoms with Crippen molar-refractivity contribution >= 4 is 40.4 Å². The zero-order valence-corrected chi connectivity index (χ0v) is 23.2. The maximum atomic E-state index is 13.3. The van der Waals surface area contributed by atoms with E-state index in [1.54, 1.807) is 15.8 Å². The third-order valence-electron chi connectivity index (χ3n) is 6.99. The smallest absolute Gasteiger partial charge is 0.410 e. The van der Waals surface area contributed by atoms with E-state index in [1.807, 2.05) is 58.0 Å². The molecule has 2 aliphatic rings. The van der Waals surface area contributed by atoms with Crippen LogP contribution in [0.1, 0.15) is 45.9 Å². The SMILES string of the molecule is Cc1nc2nn(C)cc2cc1NC(=O)N1CCc2c(N3CCN(C(=O)OC(C)(C)C)C(C)(C)C3)ccnc21. The largest absolute Gasteiger partial charge is 0.444 e. The number of piperazine rings is 1. The Balaban J connectivity index is 1.34.